The van der Waals surface area contributed by atoms with Gasteiger partial charge in [-0.2, -0.15) is 0 Å². The molecule has 218 valence electrons. The van der Waals surface area contributed by atoms with Gasteiger partial charge in [0.2, 0.25) is 0 Å². The van der Waals surface area contributed by atoms with Gasteiger partial charge < -0.3 is 9.84 Å². The van der Waals surface area contributed by atoms with E-state index in [1.54, 1.807) is 42.5 Å². The van der Waals surface area contributed by atoms with Gasteiger partial charge in [0.15, 0.2) is 0 Å². The summed E-state index contributed by atoms with van der Waals surface area (Å²) in [7, 11) is 0. The highest BCUT2D eigenvalue weighted by Crippen LogP contribution is 2.45. The number of allylic oxidation sites excluding steroid dienone is 2. The molecule has 0 amide bonds. The largest absolute Gasteiger partial charge is 0.481 e. The molecule has 0 atom stereocenters. The zero-order valence-corrected chi connectivity index (χ0v) is 23.6. The first-order valence-corrected chi connectivity index (χ1v) is 14.1. The van der Waals surface area contributed by atoms with Gasteiger partial charge in [0, 0.05) is 0 Å². The lowest BCUT2D eigenvalue weighted by atomic mass is 9.94. The first kappa shape index (κ1) is 28.7. The fraction of sp³-hybridized carbons (Fsp3) is 0.0789. The Morgan fingerprint density at radius 2 is 1.09 bits per heavy atom. The molecular formula is C38H27F3O3. The van der Waals surface area contributed by atoms with Crippen molar-refractivity contribution in [2.45, 2.75) is 19.3 Å². The molecule has 1 aliphatic rings. The van der Waals surface area contributed by atoms with Crippen molar-refractivity contribution in [1.82, 2.24) is 0 Å². The van der Waals surface area contributed by atoms with Gasteiger partial charge in [-0.1, -0.05) is 54.6 Å². The molecule has 3 nitrogen and oxygen atoms in total. The summed E-state index contributed by atoms with van der Waals surface area (Å²) in [5, 5.41) is 9.78. The van der Waals surface area contributed by atoms with E-state index in [1.807, 2.05) is 42.5 Å². The minimum atomic E-state index is -0.998. The minimum absolute atomic E-state index is 0.245. The van der Waals surface area contributed by atoms with E-state index in [-0.39, 0.29) is 18.1 Å². The second-order valence-corrected chi connectivity index (χ2v) is 10.7. The number of hydrogen-bond acceptors (Lipinski definition) is 2. The third kappa shape index (κ3) is 6.65. The van der Waals surface area contributed by atoms with Gasteiger partial charge in [-0.3, -0.25) is 4.79 Å². The standard InChI is InChI=1S/C38H27F3O3/c39-28-9-5-25(6-10-28)19-24-1-3-26(4-2-24)20-34-33-18-13-30(41)22-36(33)37(23-38(42)43)35(34)21-27-7-14-31(15-8-27)44-32-16-11-29(40)12-17-32/h1-18,20,22H,19,21,23H2,(H,42,43)/b34-20+. The van der Waals surface area contributed by atoms with Crippen molar-refractivity contribution in [1.29, 1.82) is 0 Å². The van der Waals surface area contributed by atoms with E-state index in [9.17, 15) is 23.1 Å². The van der Waals surface area contributed by atoms with Crippen LogP contribution < -0.4 is 4.74 Å². The molecule has 44 heavy (non-hydrogen) atoms. The third-order valence-corrected chi connectivity index (χ3v) is 7.58. The molecule has 0 saturated heterocycles. The maximum absolute atomic E-state index is 14.4. The number of ether oxygens (including phenoxy) is 1. The van der Waals surface area contributed by atoms with Crippen LogP contribution in [0.4, 0.5) is 13.2 Å². The molecule has 0 aromatic heterocycles. The molecule has 0 aliphatic heterocycles. The molecular weight excluding hydrogens is 561 g/mol. The van der Waals surface area contributed by atoms with Gasteiger partial charge in [0.1, 0.15) is 29.0 Å². The van der Waals surface area contributed by atoms with Crippen molar-refractivity contribution >= 4 is 23.2 Å². The van der Waals surface area contributed by atoms with Crippen LogP contribution >= 0.6 is 0 Å². The predicted octanol–water partition coefficient (Wildman–Crippen LogP) is 9.51. The molecule has 0 radical (unpaired) electrons. The van der Waals surface area contributed by atoms with Gasteiger partial charge in [0.25, 0.3) is 0 Å². The van der Waals surface area contributed by atoms with Crippen LogP contribution in [0.5, 0.6) is 11.5 Å². The number of halogens is 3. The topological polar surface area (TPSA) is 46.5 Å². The molecule has 0 saturated carbocycles. The zero-order valence-electron chi connectivity index (χ0n) is 23.6. The van der Waals surface area contributed by atoms with Gasteiger partial charge in [-0.25, -0.2) is 13.2 Å². The van der Waals surface area contributed by atoms with Crippen molar-refractivity contribution in [2.24, 2.45) is 0 Å². The van der Waals surface area contributed by atoms with Crippen molar-refractivity contribution in [3.05, 3.63) is 172 Å². The molecule has 5 aromatic rings. The summed E-state index contributed by atoms with van der Waals surface area (Å²) in [6, 6.07) is 32.1. The first-order valence-electron chi connectivity index (χ1n) is 14.1. The average Bonchev–Trinajstić information content (AvgIpc) is 3.27. The Kier molecular flexibility index (Phi) is 8.15. The van der Waals surface area contributed by atoms with Crippen molar-refractivity contribution in [3.8, 4) is 11.5 Å². The van der Waals surface area contributed by atoms with Crippen LogP contribution in [0.1, 0.15) is 39.8 Å². The van der Waals surface area contributed by atoms with E-state index >= 15 is 0 Å². The highest BCUT2D eigenvalue weighted by molar-refractivity contribution is 6.08. The molecule has 0 fully saturated rings. The fourth-order valence-electron chi connectivity index (χ4n) is 5.46. The number of aliphatic carboxylic acids is 1. The Hall–Kier alpha value is -5.36. The molecule has 0 unspecified atom stereocenters. The van der Waals surface area contributed by atoms with Crippen LogP contribution in [-0.4, -0.2) is 11.1 Å². The summed E-state index contributed by atoms with van der Waals surface area (Å²) in [5.74, 6) is -0.962. The summed E-state index contributed by atoms with van der Waals surface area (Å²) in [4.78, 5) is 12.0. The van der Waals surface area contributed by atoms with Crippen molar-refractivity contribution in [2.75, 3.05) is 0 Å². The number of benzene rings is 5. The van der Waals surface area contributed by atoms with E-state index in [0.717, 1.165) is 39.0 Å². The third-order valence-electron chi connectivity index (χ3n) is 7.58. The van der Waals surface area contributed by atoms with Crippen LogP contribution in [-0.2, 0) is 17.6 Å². The number of carbonyl (C=O) groups is 1. The van der Waals surface area contributed by atoms with Crippen molar-refractivity contribution < 1.29 is 27.8 Å². The van der Waals surface area contributed by atoms with Crippen LogP contribution in [0, 0.1) is 17.5 Å². The van der Waals surface area contributed by atoms with Crippen LogP contribution in [0.25, 0.3) is 17.2 Å². The Morgan fingerprint density at radius 3 is 1.70 bits per heavy atom. The summed E-state index contributed by atoms with van der Waals surface area (Å²) >= 11 is 0. The minimum Gasteiger partial charge on any atom is -0.481 e. The fourth-order valence-corrected chi connectivity index (χ4v) is 5.46. The van der Waals surface area contributed by atoms with Gasteiger partial charge in [-0.15, -0.1) is 0 Å². The Morgan fingerprint density at radius 1 is 0.591 bits per heavy atom. The van der Waals surface area contributed by atoms with E-state index in [2.05, 4.69) is 0 Å². The Bertz CT molecular complexity index is 1870. The first-order chi connectivity index (χ1) is 21.3. The lowest BCUT2D eigenvalue weighted by Gasteiger charge is -2.12. The SMILES string of the molecule is O=C(O)CC1=C(Cc2ccc(Oc3ccc(F)cc3)cc2)/C(=C/c2ccc(Cc3ccc(F)cc3)cc2)c2ccc(F)cc21. The molecule has 0 bridgehead atoms. The molecule has 5 aromatic carbocycles. The molecule has 0 heterocycles. The summed E-state index contributed by atoms with van der Waals surface area (Å²) in [6.07, 6.45) is 2.85. The highest BCUT2D eigenvalue weighted by Gasteiger charge is 2.28. The molecule has 1 N–H and O–H groups in total. The number of rotatable bonds is 9. The highest BCUT2D eigenvalue weighted by atomic mass is 19.1. The average molecular weight is 589 g/mol. The quantitative estimate of drug-likeness (QED) is 0.187. The van der Waals surface area contributed by atoms with Crippen LogP contribution in [0.2, 0.25) is 0 Å². The Labute approximate surface area is 253 Å². The van der Waals surface area contributed by atoms with Gasteiger partial charge >= 0.3 is 5.97 Å². The van der Waals surface area contributed by atoms with E-state index in [1.165, 1.54) is 36.4 Å². The smallest absolute Gasteiger partial charge is 0.307 e. The molecule has 0 spiro atoms. The zero-order chi connectivity index (χ0) is 30.6. The number of fused-ring (bicyclic) bond motifs is 1. The lowest BCUT2D eigenvalue weighted by molar-refractivity contribution is -0.135. The second kappa shape index (κ2) is 12.5. The maximum Gasteiger partial charge on any atom is 0.307 e. The summed E-state index contributed by atoms with van der Waals surface area (Å²) < 4.78 is 46.8. The normalized spacial score (nSPS) is 13.3. The molecule has 6 heteroatoms. The number of carboxylic acids is 1. The number of carboxylic acid groups (broad SMARTS) is 1. The summed E-state index contributed by atoms with van der Waals surface area (Å²) in [6.45, 7) is 0. The summed E-state index contributed by atoms with van der Waals surface area (Å²) in [5.41, 5.74) is 7.50. The van der Waals surface area contributed by atoms with E-state index in [0.29, 0.717) is 35.5 Å². The molecule has 6 rings (SSSR count). The molecule has 1 aliphatic carbocycles. The van der Waals surface area contributed by atoms with Crippen LogP contribution in [0.3, 0.4) is 0 Å². The van der Waals surface area contributed by atoms with Gasteiger partial charge in [0.05, 0.1) is 6.42 Å². The maximum atomic E-state index is 14.4. The number of hydrogen-bond donors (Lipinski definition) is 1. The van der Waals surface area contributed by atoms with E-state index < -0.39 is 11.8 Å². The van der Waals surface area contributed by atoms with Crippen molar-refractivity contribution in [3.63, 3.8) is 0 Å². The lowest BCUT2D eigenvalue weighted by Crippen LogP contribution is -1.99. The van der Waals surface area contributed by atoms with E-state index in [4.69, 9.17) is 4.74 Å². The predicted molar refractivity (Wildman–Crippen MR) is 166 cm³/mol. The van der Waals surface area contributed by atoms with Gasteiger partial charge in [-0.05, 0) is 130 Å². The second-order valence-electron chi connectivity index (χ2n) is 10.7. The monoisotopic (exact) mass is 588 g/mol. The van der Waals surface area contributed by atoms with Crippen LogP contribution in [0.15, 0.2) is 121 Å². The Balaban J connectivity index is 1.32.